The third kappa shape index (κ3) is 2.81. The molecule has 3 rings (SSSR count). The molecule has 0 aromatic carbocycles. The van der Waals surface area contributed by atoms with Gasteiger partial charge >= 0.3 is 6.18 Å². The molecule has 2 saturated heterocycles. The first-order valence-corrected chi connectivity index (χ1v) is 6.22. The molecule has 0 bridgehead atoms. The molecule has 1 aromatic heterocycles. The van der Waals surface area contributed by atoms with Crippen molar-refractivity contribution in [2.75, 3.05) is 13.2 Å². The Morgan fingerprint density at radius 3 is 2.14 bits per heavy atom. The van der Waals surface area contributed by atoms with Crippen molar-refractivity contribution in [3.05, 3.63) is 29.6 Å². The smallest absolute Gasteiger partial charge is 0.365 e. The number of hydrogen-bond acceptors (Lipinski definition) is 5. The lowest BCUT2D eigenvalue weighted by Crippen LogP contribution is -2.31. The zero-order valence-corrected chi connectivity index (χ0v) is 10.6. The number of halogens is 3. The number of Topliss-reactive ketones (excluding diaryl/α,β-unsaturated/α-hetero) is 2. The van der Waals surface area contributed by atoms with E-state index in [0.717, 1.165) is 18.3 Å². The van der Waals surface area contributed by atoms with Crippen molar-refractivity contribution in [2.24, 2.45) is 0 Å². The molecule has 5 nitrogen and oxygen atoms in total. The van der Waals surface area contributed by atoms with Crippen molar-refractivity contribution in [2.45, 2.75) is 24.3 Å². The molecule has 0 spiro atoms. The molecule has 2 aliphatic rings. The van der Waals surface area contributed by atoms with Crippen molar-refractivity contribution in [1.29, 1.82) is 0 Å². The maximum atomic E-state index is 13.0. The number of ether oxygens (including phenoxy) is 2. The van der Waals surface area contributed by atoms with Gasteiger partial charge in [0.2, 0.25) is 0 Å². The van der Waals surface area contributed by atoms with Gasteiger partial charge in [0.05, 0.1) is 24.5 Å². The molecule has 0 saturated carbocycles. The van der Waals surface area contributed by atoms with Crippen LogP contribution in [0.3, 0.4) is 0 Å². The van der Waals surface area contributed by atoms with Gasteiger partial charge in [-0.25, -0.2) is 0 Å². The van der Waals surface area contributed by atoms with Crippen molar-refractivity contribution >= 4 is 11.6 Å². The van der Waals surface area contributed by atoms with Crippen molar-refractivity contribution in [1.82, 2.24) is 4.98 Å². The number of hydrogen-bond donors (Lipinski definition) is 0. The van der Waals surface area contributed by atoms with Crippen LogP contribution in [-0.2, 0) is 25.2 Å². The summed E-state index contributed by atoms with van der Waals surface area (Å²) in [7, 11) is 0. The normalized spacial score (nSPS) is 25.3. The molecule has 0 N–H and O–H groups in total. The van der Waals surface area contributed by atoms with E-state index in [1.54, 1.807) is 0 Å². The van der Waals surface area contributed by atoms with E-state index in [9.17, 15) is 22.8 Å². The molecule has 0 aliphatic carbocycles. The molecular weight excluding hydrogens is 291 g/mol. The fourth-order valence-corrected chi connectivity index (χ4v) is 2.09. The van der Waals surface area contributed by atoms with Crippen LogP contribution < -0.4 is 0 Å². The molecule has 2 unspecified atom stereocenters. The van der Waals surface area contributed by atoms with E-state index in [1.165, 1.54) is 0 Å². The molecule has 21 heavy (non-hydrogen) atoms. The molecule has 1 aromatic rings. The Hall–Kier alpha value is -1.80. The molecule has 0 amide bonds. The zero-order chi connectivity index (χ0) is 15.2. The Bertz CT molecular complexity index is 569. The average Bonchev–Trinajstić information content (AvgIpc) is 3.30. The summed E-state index contributed by atoms with van der Waals surface area (Å²) in [6, 6.07) is 1.91. The summed E-state index contributed by atoms with van der Waals surface area (Å²) in [6.07, 6.45) is -5.24. The zero-order valence-electron chi connectivity index (χ0n) is 10.6. The van der Waals surface area contributed by atoms with Crippen LogP contribution in [0.5, 0.6) is 0 Å². The molecular formula is C13H10F3NO4. The monoisotopic (exact) mass is 301 g/mol. The van der Waals surface area contributed by atoms with Gasteiger partial charge < -0.3 is 9.47 Å². The second-order valence-corrected chi connectivity index (χ2v) is 4.82. The lowest BCUT2D eigenvalue weighted by Gasteiger charge is -2.17. The highest BCUT2D eigenvalue weighted by molar-refractivity contribution is 6.12. The van der Waals surface area contributed by atoms with Gasteiger partial charge in [0, 0.05) is 6.20 Å². The van der Waals surface area contributed by atoms with E-state index in [0.29, 0.717) is 0 Å². The van der Waals surface area contributed by atoms with E-state index in [2.05, 4.69) is 4.98 Å². The molecule has 0 radical (unpaired) electrons. The third-order valence-corrected chi connectivity index (χ3v) is 3.29. The molecule has 3 heterocycles. The fraction of sp³-hybridized carbons (Fsp3) is 0.462. The Kier molecular flexibility index (Phi) is 3.29. The van der Waals surface area contributed by atoms with Crippen molar-refractivity contribution in [3.8, 4) is 0 Å². The third-order valence-electron chi connectivity index (χ3n) is 3.29. The average molecular weight is 301 g/mol. The van der Waals surface area contributed by atoms with Gasteiger partial charge in [-0.3, -0.25) is 14.6 Å². The van der Waals surface area contributed by atoms with Crippen molar-refractivity contribution < 1.29 is 32.2 Å². The SMILES string of the molecule is O=C(C1CO1)C(C(=O)C1CO1)c1ncccc1C(F)(F)F. The van der Waals surface area contributed by atoms with Gasteiger partial charge in [-0.2, -0.15) is 13.2 Å². The van der Waals surface area contributed by atoms with Crippen LogP contribution in [0.25, 0.3) is 0 Å². The second-order valence-electron chi connectivity index (χ2n) is 4.82. The molecule has 2 aliphatic heterocycles. The van der Waals surface area contributed by atoms with Gasteiger partial charge in [0.1, 0.15) is 18.1 Å². The van der Waals surface area contributed by atoms with Crippen LogP contribution in [0.15, 0.2) is 18.3 Å². The maximum absolute atomic E-state index is 13.0. The Labute approximate surface area is 117 Å². The number of ketones is 2. The summed E-state index contributed by atoms with van der Waals surface area (Å²) < 4.78 is 48.7. The highest BCUT2D eigenvalue weighted by Gasteiger charge is 2.49. The quantitative estimate of drug-likeness (QED) is 0.602. The minimum Gasteiger partial charge on any atom is -0.365 e. The van der Waals surface area contributed by atoms with Crippen LogP contribution in [0, 0.1) is 0 Å². The number of rotatable bonds is 5. The van der Waals surface area contributed by atoms with Gasteiger partial charge in [-0.05, 0) is 12.1 Å². The predicted molar refractivity (Wildman–Crippen MR) is 61.5 cm³/mol. The van der Waals surface area contributed by atoms with Crippen LogP contribution in [0.2, 0.25) is 0 Å². The number of aromatic nitrogens is 1. The number of epoxide rings is 2. The molecule has 2 fully saturated rings. The number of alkyl halides is 3. The number of carbonyl (C=O) groups excluding carboxylic acids is 2. The molecule has 112 valence electrons. The number of nitrogens with zero attached hydrogens (tertiary/aromatic N) is 1. The van der Waals surface area contributed by atoms with Gasteiger partial charge in [0.15, 0.2) is 11.6 Å². The van der Waals surface area contributed by atoms with E-state index in [-0.39, 0.29) is 13.2 Å². The molecule has 8 heteroatoms. The van der Waals surface area contributed by atoms with Gasteiger partial charge in [-0.1, -0.05) is 0 Å². The van der Waals surface area contributed by atoms with Crippen LogP contribution >= 0.6 is 0 Å². The summed E-state index contributed by atoms with van der Waals surface area (Å²) in [4.78, 5) is 27.9. The first-order chi connectivity index (χ1) is 9.89. The van der Waals surface area contributed by atoms with Crippen molar-refractivity contribution in [3.63, 3.8) is 0 Å². The summed E-state index contributed by atoms with van der Waals surface area (Å²) in [5.74, 6) is -2.98. The highest BCUT2D eigenvalue weighted by atomic mass is 19.4. The topological polar surface area (TPSA) is 72.1 Å². The second kappa shape index (κ2) is 4.88. The van der Waals surface area contributed by atoms with E-state index in [4.69, 9.17) is 9.47 Å². The predicted octanol–water partition coefficient (Wildman–Crippen LogP) is 1.12. The summed E-state index contributed by atoms with van der Waals surface area (Å²) in [5.41, 5.74) is -1.66. The summed E-state index contributed by atoms with van der Waals surface area (Å²) >= 11 is 0. The van der Waals surface area contributed by atoms with Crippen LogP contribution in [-0.4, -0.2) is 42.0 Å². The summed E-state index contributed by atoms with van der Waals surface area (Å²) in [5, 5.41) is 0. The van der Waals surface area contributed by atoms with Crippen LogP contribution in [0.4, 0.5) is 13.2 Å². The Morgan fingerprint density at radius 1 is 1.19 bits per heavy atom. The minimum atomic E-state index is -4.70. The minimum absolute atomic E-state index is 0.113. The summed E-state index contributed by atoms with van der Waals surface area (Å²) in [6.45, 7) is 0.227. The first kappa shape index (κ1) is 14.2. The number of pyridine rings is 1. The Morgan fingerprint density at radius 2 is 1.71 bits per heavy atom. The van der Waals surface area contributed by atoms with Gasteiger partial charge in [0.25, 0.3) is 0 Å². The number of carbonyl (C=O) groups is 2. The fourth-order valence-electron chi connectivity index (χ4n) is 2.09. The first-order valence-electron chi connectivity index (χ1n) is 6.22. The Balaban J connectivity index is 2.03. The molecule has 2 atom stereocenters. The van der Waals surface area contributed by atoms with E-state index < -0.39 is 47.1 Å². The lowest BCUT2D eigenvalue weighted by molar-refractivity contribution is -0.139. The van der Waals surface area contributed by atoms with Crippen LogP contribution in [0.1, 0.15) is 17.2 Å². The highest BCUT2D eigenvalue weighted by Crippen LogP contribution is 2.37. The van der Waals surface area contributed by atoms with E-state index in [1.807, 2.05) is 0 Å². The maximum Gasteiger partial charge on any atom is 0.418 e. The lowest BCUT2D eigenvalue weighted by atomic mass is 9.88. The largest absolute Gasteiger partial charge is 0.418 e. The van der Waals surface area contributed by atoms with Gasteiger partial charge in [-0.15, -0.1) is 0 Å². The van der Waals surface area contributed by atoms with E-state index >= 15 is 0 Å². The standard InChI is InChI=1S/C13H10F3NO4/c14-13(15,16)6-2-1-3-17-10(6)9(11(18)7-4-20-7)12(19)8-5-21-8/h1-3,7-9H,4-5H2.